The van der Waals surface area contributed by atoms with Crippen molar-refractivity contribution in [2.75, 3.05) is 13.6 Å². The van der Waals surface area contributed by atoms with Crippen LogP contribution in [0.4, 0.5) is 4.39 Å². The number of amides is 1. The number of halogens is 1. The van der Waals surface area contributed by atoms with Crippen LogP contribution in [-0.4, -0.2) is 37.2 Å². The standard InChI is InChI=1S/C22H22FN3O3S2/c1-26(31(28,29)17-12-10-16(23)11-13-17)14-20(27)24-18-8-5-9-19-21(18)30-22(25-19)15-6-3-2-4-7-15/h2-4,6-7,10-13,18H,5,8-9,14H2,1H3,(H,24,27). The van der Waals surface area contributed by atoms with Crippen molar-refractivity contribution in [1.29, 1.82) is 0 Å². The first-order chi connectivity index (χ1) is 14.8. The number of thiazole rings is 1. The van der Waals surface area contributed by atoms with Crippen LogP contribution < -0.4 is 5.32 Å². The highest BCUT2D eigenvalue weighted by molar-refractivity contribution is 7.89. The Kier molecular flexibility index (Phi) is 6.17. The van der Waals surface area contributed by atoms with Crippen molar-refractivity contribution in [2.24, 2.45) is 0 Å². The summed E-state index contributed by atoms with van der Waals surface area (Å²) in [6, 6.07) is 14.3. The second kappa shape index (κ2) is 8.86. The molecule has 0 radical (unpaired) electrons. The molecule has 0 bridgehead atoms. The van der Waals surface area contributed by atoms with Gasteiger partial charge in [-0.15, -0.1) is 11.3 Å². The number of fused-ring (bicyclic) bond motifs is 1. The lowest BCUT2D eigenvalue weighted by Gasteiger charge is -2.24. The molecule has 0 aliphatic heterocycles. The van der Waals surface area contributed by atoms with E-state index in [4.69, 9.17) is 4.98 Å². The van der Waals surface area contributed by atoms with E-state index in [1.54, 1.807) is 11.3 Å². The van der Waals surface area contributed by atoms with Crippen LogP contribution >= 0.6 is 11.3 Å². The third-order valence-electron chi connectivity index (χ3n) is 5.19. The molecule has 31 heavy (non-hydrogen) atoms. The van der Waals surface area contributed by atoms with E-state index < -0.39 is 15.8 Å². The predicted molar refractivity (Wildman–Crippen MR) is 118 cm³/mol. The summed E-state index contributed by atoms with van der Waals surface area (Å²) >= 11 is 1.57. The molecule has 1 heterocycles. The minimum atomic E-state index is -3.89. The van der Waals surface area contributed by atoms with Crippen molar-refractivity contribution < 1.29 is 17.6 Å². The van der Waals surface area contributed by atoms with Gasteiger partial charge in [0, 0.05) is 12.6 Å². The minimum Gasteiger partial charge on any atom is -0.347 e. The summed E-state index contributed by atoms with van der Waals surface area (Å²) in [6.45, 7) is -0.324. The summed E-state index contributed by atoms with van der Waals surface area (Å²) in [6.07, 6.45) is 2.55. The summed E-state index contributed by atoms with van der Waals surface area (Å²) in [7, 11) is -2.55. The first kappa shape index (κ1) is 21.6. The van der Waals surface area contributed by atoms with Crippen molar-refractivity contribution in [3.63, 3.8) is 0 Å². The third-order valence-corrected chi connectivity index (χ3v) is 8.27. The Balaban J connectivity index is 1.46. The van der Waals surface area contributed by atoms with Crippen LogP contribution in [0.25, 0.3) is 10.6 Å². The van der Waals surface area contributed by atoms with E-state index in [-0.39, 0.29) is 23.4 Å². The van der Waals surface area contributed by atoms with Gasteiger partial charge in [-0.2, -0.15) is 4.31 Å². The molecule has 9 heteroatoms. The van der Waals surface area contributed by atoms with E-state index >= 15 is 0 Å². The lowest BCUT2D eigenvalue weighted by atomic mass is 9.98. The zero-order valence-electron chi connectivity index (χ0n) is 16.9. The average Bonchev–Trinajstić information content (AvgIpc) is 3.20. The third kappa shape index (κ3) is 4.68. The highest BCUT2D eigenvalue weighted by Crippen LogP contribution is 2.37. The van der Waals surface area contributed by atoms with Gasteiger partial charge < -0.3 is 5.32 Å². The van der Waals surface area contributed by atoms with E-state index in [0.29, 0.717) is 0 Å². The highest BCUT2D eigenvalue weighted by Gasteiger charge is 2.28. The summed E-state index contributed by atoms with van der Waals surface area (Å²) in [5.74, 6) is -0.910. The molecular weight excluding hydrogens is 437 g/mol. The Morgan fingerprint density at radius 2 is 1.90 bits per heavy atom. The molecule has 1 N–H and O–H groups in total. The van der Waals surface area contributed by atoms with Gasteiger partial charge >= 0.3 is 0 Å². The number of hydrogen-bond donors (Lipinski definition) is 1. The van der Waals surface area contributed by atoms with Crippen molar-refractivity contribution in [2.45, 2.75) is 30.2 Å². The number of sulfonamides is 1. The summed E-state index contributed by atoms with van der Waals surface area (Å²) in [5, 5.41) is 3.89. The molecule has 6 nitrogen and oxygen atoms in total. The van der Waals surface area contributed by atoms with Gasteiger partial charge in [0.05, 0.1) is 28.1 Å². The lowest BCUT2D eigenvalue weighted by Crippen LogP contribution is -2.40. The molecule has 0 spiro atoms. The number of aryl methyl sites for hydroxylation is 1. The molecule has 2 aromatic carbocycles. The van der Waals surface area contributed by atoms with Gasteiger partial charge in [-0.05, 0) is 43.5 Å². The number of rotatable bonds is 6. The Morgan fingerprint density at radius 3 is 2.61 bits per heavy atom. The maximum Gasteiger partial charge on any atom is 0.243 e. The number of hydrogen-bond acceptors (Lipinski definition) is 5. The van der Waals surface area contributed by atoms with Crippen LogP contribution in [0.3, 0.4) is 0 Å². The number of nitrogens with one attached hydrogen (secondary N) is 1. The van der Waals surface area contributed by atoms with Crippen molar-refractivity contribution in [1.82, 2.24) is 14.6 Å². The quantitative estimate of drug-likeness (QED) is 0.609. The molecule has 1 atom stereocenters. The van der Waals surface area contributed by atoms with Gasteiger partial charge in [0.15, 0.2) is 0 Å². The van der Waals surface area contributed by atoms with Gasteiger partial charge in [-0.3, -0.25) is 4.79 Å². The molecule has 3 aromatic rings. The molecule has 4 rings (SSSR count). The SMILES string of the molecule is CN(CC(=O)NC1CCCc2nc(-c3ccccc3)sc21)S(=O)(=O)c1ccc(F)cc1. The number of likely N-dealkylation sites (N-methyl/N-ethyl adjacent to an activating group) is 1. The second-order valence-corrected chi connectivity index (χ2v) is 10.5. The average molecular weight is 460 g/mol. The summed E-state index contributed by atoms with van der Waals surface area (Å²) < 4.78 is 39.4. The van der Waals surface area contributed by atoms with Gasteiger partial charge in [0.25, 0.3) is 0 Å². The highest BCUT2D eigenvalue weighted by atomic mass is 32.2. The van der Waals surface area contributed by atoms with Gasteiger partial charge in [-0.1, -0.05) is 30.3 Å². The van der Waals surface area contributed by atoms with Crippen LogP contribution in [0, 0.1) is 5.82 Å². The Morgan fingerprint density at radius 1 is 1.19 bits per heavy atom. The first-order valence-electron chi connectivity index (χ1n) is 9.91. The zero-order chi connectivity index (χ0) is 22.0. The molecular formula is C22H22FN3O3S2. The smallest absolute Gasteiger partial charge is 0.243 e. The number of carbonyl (C=O) groups is 1. The summed E-state index contributed by atoms with van der Waals surface area (Å²) in [4.78, 5) is 18.4. The fourth-order valence-corrected chi connectivity index (χ4v) is 5.90. The van der Waals surface area contributed by atoms with Crippen molar-refractivity contribution in [3.8, 4) is 10.6 Å². The molecule has 1 aliphatic rings. The molecule has 1 amide bonds. The Labute approximate surface area is 184 Å². The topological polar surface area (TPSA) is 79.4 Å². The molecule has 0 fully saturated rings. The Hall–Kier alpha value is -2.62. The van der Waals surface area contributed by atoms with E-state index in [2.05, 4.69) is 5.32 Å². The fraction of sp³-hybridized carbons (Fsp3) is 0.273. The van der Waals surface area contributed by atoms with Crippen LogP contribution in [0.2, 0.25) is 0 Å². The van der Waals surface area contributed by atoms with Crippen molar-refractivity contribution >= 4 is 27.3 Å². The Bertz CT molecular complexity index is 1180. The normalized spacial score (nSPS) is 16.2. The molecule has 1 aromatic heterocycles. The largest absolute Gasteiger partial charge is 0.347 e. The molecule has 1 aliphatic carbocycles. The summed E-state index contributed by atoms with van der Waals surface area (Å²) in [5.41, 5.74) is 2.03. The maximum atomic E-state index is 13.1. The van der Waals surface area contributed by atoms with E-state index in [1.807, 2.05) is 30.3 Å². The van der Waals surface area contributed by atoms with E-state index in [9.17, 15) is 17.6 Å². The van der Waals surface area contributed by atoms with Crippen LogP contribution in [0.15, 0.2) is 59.5 Å². The van der Waals surface area contributed by atoms with Crippen LogP contribution in [0.5, 0.6) is 0 Å². The van der Waals surface area contributed by atoms with E-state index in [1.165, 1.54) is 19.2 Å². The van der Waals surface area contributed by atoms with E-state index in [0.717, 1.165) is 56.8 Å². The minimum absolute atomic E-state index is 0.0564. The zero-order valence-corrected chi connectivity index (χ0v) is 18.5. The predicted octanol–water partition coefficient (Wildman–Crippen LogP) is 3.76. The van der Waals surface area contributed by atoms with Crippen LogP contribution in [-0.2, 0) is 21.2 Å². The second-order valence-electron chi connectivity index (χ2n) is 7.42. The lowest BCUT2D eigenvalue weighted by molar-refractivity contribution is -0.121. The number of benzene rings is 2. The van der Waals surface area contributed by atoms with Crippen molar-refractivity contribution in [3.05, 3.63) is 71.0 Å². The number of carbonyl (C=O) groups excluding carboxylic acids is 1. The molecule has 0 saturated carbocycles. The van der Waals surface area contributed by atoms with Crippen LogP contribution in [0.1, 0.15) is 29.5 Å². The van der Waals surface area contributed by atoms with Gasteiger partial charge in [-0.25, -0.2) is 17.8 Å². The first-order valence-corrected chi connectivity index (χ1v) is 12.2. The maximum absolute atomic E-state index is 13.1. The number of aromatic nitrogens is 1. The molecule has 0 saturated heterocycles. The monoisotopic (exact) mass is 459 g/mol. The fourth-order valence-electron chi connectivity index (χ4n) is 3.58. The van der Waals surface area contributed by atoms with Gasteiger partial charge in [0.2, 0.25) is 15.9 Å². The number of nitrogens with zero attached hydrogens (tertiary/aromatic N) is 2. The molecule has 1 unspecified atom stereocenters. The molecule has 162 valence electrons. The van der Waals surface area contributed by atoms with Gasteiger partial charge in [0.1, 0.15) is 10.8 Å².